The lowest BCUT2D eigenvalue weighted by Crippen LogP contribution is -2.30. The fraction of sp³-hybridized carbons (Fsp3) is 0.208. The van der Waals surface area contributed by atoms with E-state index in [2.05, 4.69) is 35.3 Å². The van der Waals surface area contributed by atoms with E-state index in [9.17, 15) is 4.79 Å². The van der Waals surface area contributed by atoms with Gasteiger partial charge in [-0.2, -0.15) is 0 Å². The second kappa shape index (κ2) is 7.17. The summed E-state index contributed by atoms with van der Waals surface area (Å²) in [5.41, 5.74) is 3.94. The Labute approximate surface area is 168 Å². The summed E-state index contributed by atoms with van der Waals surface area (Å²) >= 11 is 0. The van der Waals surface area contributed by atoms with Gasteiger partial charge in [-0.15, -0.1) is 0 Å². The van der Waals surface area contributed by atoms with Crippen LogP contribution in [0.3, 0.4) is 0 Å². The molecule has 4 aromatic rings. The van der Waals surface area contributed by atoms with Crippen molar-refractivity contribution in [1.82, 2.24) is 5.32 Å². The van der Waals surface area contributed by atoms with Crippen LogP contribution >= 0.6 is 0 Å². The molecule has 3 heterocycles. The number of fused-ring (bicyclic) bond motifs is 2. The van der Waals surface area contributed by atoms with E-state index in [1.165, 1.54) is 11.3 Å². The molecular formula is C24H22N2O3. The Balaban J connectivity index is 1.30. The minimum atomic E-state index is -0.158. The molecule has 29 heavy (non-hydrogen) atoms. The number of para-hydroxylation sites is 2. The number of amides is 1. The fourth-order valence-electron chi connectivity index (χ4n) is 4.08. The topological polar surface area (TPSA) is 58.6 Å². The van der Waals surface area contributed by atoms with Crippen molar-refractivity contribution in [2.24, 2.45) is 0 Å². The summed E-state index contributed by atoms with van der Waals surface area (Å²) in [6, 6.07) is 20.3. The molecule has 0 radical (unpaired) electrons. The minimum absolute atomic E-state index is 0.158. The third-order valence-electron chi connectivity index (χ3n) is 5.55. The van der Waals surface area contributed by atoms with Crippen LogP contribution in [0.1, 0.15) is 34.4 Å². The van der Waals surface area contributed by atoms with Gasteiger partial charge in [0.15, 0.2) is 0 Å². The van der Waals surface area contributed by atoms with Crippen molar-refractivity contribution >= 4 is 22.6 Å². The van der Waals surface area contributed by atoms with E-state index in [1.807, 2.05) is 36.4 Å². The Morgan fingerprint density at radius 1 is 1.14 bits per heavy atom. The first kappa shape index (κ1) is 17.6. The predicted octanol–water partition coefficient (Wildman–Crippen LogP) is 4.91. The highest BCUT2D eigenvalue weighted by molar-refractivity contribution is 5.95. The molecule has 0 fully saturated rings. The van der Waals surface area contributed by atoms with Crippen molar-refractivity contribution in [1.29, 1.82) is 0 Å². The zero-order valence-corrected chi connectivity index (χ0v) is 16.2. The van der Waals surface area contributed by atoms with E-state index in [1.54, 1.807) is 12.3 Å². The van der Waals surface area contributed by atoms with Crippen molar-refractivity contribution in [3.63, 3.8) is 0 Å². The number of hydrogen-bond donors (Lipinski definition) is 1. The second-order valence-electron chi connectivity index (χ2n) is 7.50. The molecule has 1 N–H and O–H groups in total. The highest BCUT2D eigenvalue weighted by Gasteiger charge is 2.28. The van der Waals surface area contributed by atoms with E-state index in [4.69, 9.17) is 8.83 Å². The summed E-state index contributed by atoms with van der Waals surface area (Å²) in [7, 11) is 0. The van der Waals surface area contributed by atoms with Gasteiger partial charge in [0.2, 0.25) is 0 Å². The Morgan fingerprint density at radius 3 is 2.86 bits per heavy atom. The van der Waals surface area contributed by atoms with Gasteiger partial charge in [-0.05, 0) is 43.2 Å². The molecule has 2 aromatic carbocycles. The number of carbonyl (C=O) groups excluding carboxylic acids is 1. The quantitative estimate of drug-likeness (QED) is 0.530. The molecule has 0 aliphatic carbocycles. The van der Waals surface area contributed by atoms with Crippen LogP contribution in [0.4, 0.5) is 5.69 Å². The predicted molar refractivity (Wildman–Crippen MR) is 112 cm³/mol. The normalized spacial score (nSPS) is 15.6. The number of nitrogens with one attached hydrogen (secondary N) is 1. The Kier molecular flexibility index (Phi) is 4.35. The summed E-state index contributed by atoms with van der Waals surface area (Å²) in [6.07, 6.45) is 2.59. The van der Waals surface area contributed by atoms with Gasteiger partial charge in [0, 0.05) is 17.1 Å². The Hall–Kier alpha value is -3.47. The van der Waals surface area contributed by atoms with Crippen LogP contribution in [-0.4, -0.2) is 11.9 Å². The number of carbonyl (C=O) groups is 1. The van der Waals surface area contributed by atoms with Crippen LogP contribution in [0, 0.1) is 0 Å². The van der Waals surface area contributed by atoms with Crippen LogP contribution in [0.15, 0.2) is 75.8 Å². The Morgan fingerprint density at radius 2 is 1.97 bits per heavy atom. The maximum Gasteiger partial charge on any atom is 0.255 e. The van der Waals surface area contributed by atoms with Crippen LogP contribution in [0.2, 0.25) is 0 Å². The summed E-state index contributed by atoms with van der Waals surface area (Å²) in [6.45, 7) is 3.10. The van der Waals surface area contributed by atoms with E-state index in [0.29, 0.717) is 30.5 Å². The van der Waals surface area contributed by atoms with Crippen LogP contribution in [0.25, 0.3) is 11.0 Å². The van der Waals surface area contributed by atoms with Gasteiger partial charge in [-0.3, -0.25) is 4.79 Å². The standard InChI is InChI=1S/C24H22N2O3/c1-16-12-17-6-2-4-8-21(17)26(16)15-23-20(10-11-28-23)24(27)25-14-19-13-18-7-3-5-9-22(18)29-19/h2-11,13,16H,12,14-15H2,1H3,(H,25,27). The molecule has 1 atom stereocenters. The lowest BCUT2D eigenvalue weighted by Gasteiger charge is -2.24. The molecule has 1 unspecified atom stereocenters. The number of rotatable bonds is 5. The summed E-state index contributed by atoms with van der Waals surface area (Å²) < 4.78 is 11.5. The monoisotopic (exact) mass is 386 g/mol. The van der Waals surface area contributed by atoms with Crippen molar-refractivity contribution in [3.8, 4) is 0 Å². The summed E-state index contributed by atoms with van der Waals surface area (Å²) in [5.74, 6) is 1.25. The van der Waals surface area contributed by atoms with Crippen LogP contribution < -0.4 is 10.2 Å². The lowest BCUT2D eigenvalue weighted by atomic mass is 10.1. The molecule has 5 rings (SSSR count). The average Bonchev–Trinajstić information content (AvgIpc) is 3.44. The highest BCUT2D eigenvalue weighted by atomic mass is 16.3. The molecule has 2 aromatic heterocycles. The molecule has 0 spiro atoms. The van der Waals surface area contributed by atoms with Gasteiger partial charge >= 0.3 is 0 Å². The smallest absolute Gasteiger partial charge is 0.255 e. The molecule has 5 nitrogen and oxygen atoms in total. The van der Waals surface area contributed by atoms with Gasteiger partial charge in [-0.25, -0.2) is 0 Å². The largest absolute Gasteiger partial charge is 0.467 e. The maximum atomic E-state index is 12.8. The molecule has 5 heteroatoms. The number of furan rings is 2. The number of benzene rings is 2. The number of anilines is 1. The van der Waals surface area contributed by atoms with E-state index in [0.717, 1.165) is 23.2 Å². The molecule has 0 saturated carbocycles. The first-order chi connectivity index (χ1) is 14.2. The number of nitrogens with zero attached hydrogens (tertiary/aromatic N) is 1. The molecule has 1 amide bonds. The average molecular weight is 386 g/mol. The highest BCUT2D eigenvalue weighted by Crippen LogP contribution is 2.33. The summed E-state index contributed by atoms with van der Waals surface area (Å²) in [5, 5.41) is 3.98. The molecule has 0 bridgehead atoms. The third kappa shape index (κ3) is 3.29. The van der Waals surface area contributed by atoms with Gasteiger partial charge in [0.05, 0.1) is 24.9 Å². The maximum absolute atomic E-state index is 12.8. The molecule has 146 valence electrons. The molecular weight excluding hydrogens is 364 g/mol. The van der Waals surface area contributed by atoms with Gasteiger partial charge in [-0.1, -0.05) is 36.4 Å². The zero-order valence-electron chi connectivity index (χ0n) is 16.2. The van der Waals surface area contributed by atoms with Crippen LogP contribution in [-0.2, 0) is 19.5 Å². The van der Waals surface area contributed by atoms with E-state index < -0.39 is 0 Å². The van der Waals surface area contributed by atoms with Gasteiger partial charge in [0.25, 0.3) is 5.91 Å². The Bertz CT molecular complexity index is 1140. The molecule has 1 aliphatic rings. The number of hydrogen-bond acceptors (Lipinski definition) is 4. The SMILES string of the molecule is CC1Cc2ccccc2N1Cc1occc1C(=O)NCc1cc2ccccc2o1. The van der Waals surface area contributed by atoms with Crippen molar-refractivity contribution in [2.75, 3.05) is 4.90 Å². The van der Waals surface area contributed by atoms with Crippen molar-refractivity contribution in [3.05, 3.63) is 89.6 Å². The van der Waals surface area contributed by atoms with Crippen molar-refractivity contribution < 1.29 is 13.6 Å². The first-order valence-electron chi connectivity index (χ1n) is 9.85. The van der Waals surface area contributed by atoms with Crippen LogP contribution in [0.5, 0.6) is 0 Å². The van der Waals surface area contributed by atoms with E-state index in [-0.39, 0.29) is 5.91 Å². The third-order valence-corrected chi connectivity index (χ3v) is 5.55. The summed E-state index contributed by atoms with van der Waals surface area (Å²) in [4.78, 5) is 15.1. The van der Waals surface area contributed by atoms with E-state index >= 15 is 0 Å². The molecule has 1 aliphatic heterocycles. The second-order valence-corrected chi connectivity index (χ2v) is 7.50. The van der Waals surface area contributed by atoms with Crippen molar-refractivity contribution in [2.45, 2.75) is 32.5 Å². The molecule has 0 saturated heterocycles. The minimum Gasteiger partial charge on any atom is -0.467 e. The zero-order chi connectivity index (χ0) is 19.8. The lowest BCUT2D eigenvalue weighted by molar-refractivity contribution is 0.0946. The van der Waals surface area contributed by atoms with Gasteiger partial charge < -0.3 is 19.1 Å². The van der Waals surface area contributed by atoms with Gasteiger partial charge in [0.1, 0.15) is 17.1 Å². The first-order valence-corrected chi connectivity index (χ1v) is 9.85. The fourth-order valence-corrected chi connectivity index (χ4v) is 4.08.